The van der Waals surface area contributed by atoms with Crippen LogP contribution in [0.4, 0.5) is 0 Å². The summed E-state index contributed by atoms with van der Waals surface area (Å²) in [6.07, 6.45) is 2.46. The molecular formula is C12H16BO2. The van der Waals surface area contributed by atoms with Gasteiger partial charge in [-0.3, -0.25) is 0 Å². The Morgan fingerprint density at radius 3 is 3.07 bits per heavy atom. The minimum atomic E-state index is 0.234. The highest BCUT2D eigenvalue weighted by molar-refractivity contribution is 6.47. The summed E-state index contributed by atoms with van der Waals surface area (Å²) < 4.78 is 11.0. The molecule has 1 aliphatic rings. The molecule has 0 spiro atoms. The fourth-order valence-electron chi connectivity index (χ4n) is 1.67. The zero-order valence-electron chi connectivity index (χ0n) is 9.32. The molecule has 0 bridgehead atoms. The largest absolute Gasteiger partial charge is 0.493 e. The average Bonchev–Trinajstić information content (AvgIpc) is 2.26. The van der Waals surface area contributed by atoms with Crippen LogP contribution >= 0.6 is 0 Å². The van der Waals surface area contributed by atoms with Crippen LogP contribution in [0.15, 0.2) is 18.2 Å². The number of ether oxygens (including phenoxy) is 1. The molecule has 0 aromatic heterocycles. The summed E-state index contributed by atoms with van der Waals surface area (Å²) in [5.74, 6) is 1.03. The molecule has 1 radical (unpaired) electrons. The summed E-state index contributed by atoms with van der Waals surface area (Å²) in [5, 5.41) is 0. The molecule has 0 saturated heterocycles. The predicted molar refractivity (Wildman–Crippen MR) is 61.9 cm³/mol. The average molecular weight is 203 g/mol. The van der Waals surface area contributed by atoms with Gasteiger partial charge in [0.25, 0.3) is 0 Å². The first-order chi connectivity index (χ1) is 7.25. The second-order valence-electron chi connectivity index (χ2n) is 4.12. The highest BCUT2D eigenvalue weighted by Crippen LogP contribution is 2.22. The topological polar surface area (TPSA) is 18.5 Å². The molecule has 0 atom stereocenters. The van der Waals surface area contributed by atoms with Crippen molar-refractivity contribution >= 4 is 12.9 Å². The van der Waals surface area contributed by atoms with E-state index in [1.807, 2.05) is 33.5 Å². The van der Waals surface area contributed by atoms with Gasteiger partial charge in [-0.15, -0.1) is 0 Å². The molecule has 0 N–H and O–H groups in total. The zero-order chi connectivity index (χ0) is 10.7. The van der Waals surface area contributed by atoms with Crippen molar-refractivity contribution in [1.82, 2.24) is 0 Å². The van der Waals surface area contributed by atoms with Crippen LogP contribution in [0.25, 0.3) is 0 Å². The highest BCUT2D eigenvalue weighted by atomic mass is 16.5. The fraction of sp³-hybridized carbons (Fsp3) is 0.500. The van der Waals surface area contributed by atoms with Crippen molar-refractivity contribution in [2.24, 2.45) is 0 Å². The van der Waals surface area contributed by atoms with Gasteiger partial charge in [0.2, 0.25) is 0 Å². The Balaban J connectivity index is 2.07. The molecule has 0 saturated carbocycles. The summed E-state index contributed by atoms with van der Waals surface area (Å²) in [5.41, 5.74) is 2.41. The van der Waals surface area contributed by atoms with E-state index in [1.165, 1.54) is 5.56 Å². The number of rotatable bonds is 3. The third kappa shape index (κ3) is 2.75. The van der Waals surface area contributed by atoms with E-state index in [0.29, 0.717) is 0 Å². The number of hydrogen-bond acceptors (Lipinski definition) is 2. The van der Waals surface area contributed by atoms with Gasteiger partial charge in [0.1, 0.15) is 5.75 Å². The summed E-state index contributed by atoms with van der Waals surface area (Å²) in [6.45, 7) is 4.90. The molecule has 0 aliphatic carbocycles. The lowest BCUT2D eigenvalue weighted by Crippen LogP contribution is -2.22. The second kappa shape index (κ2) is 4.71. The summed E-state index contributed by atoms with van der Waals surface area (Å²) in [4.78, 5) is 0. The molecule has 1 aromatic rings. The smallest absolute Gasteiger partial charge is 0.330 e. The van der Waals surface area contributed by atoms with Gasteiger partial charge in [-0.25, -0.2) is 0 Å². The first kappa shape index (κ1) is 10.6. The molecule has 0 unspecified atom stereocenters. The van der Waals surface area contributed by atoms with Crippen molar-refractivity contribution in [2.75, 3.05) is 6.61 Å². The number of benzene rings is 1. The van der Waals surface area contributed by atoms with E-state index in [1.54, 1.807) is 0 Å². The van der Waals surface area contributed by atoms with Gasteiger partial charge in [-0.05, 0) is 38.3 Å². The summed E-state index contributed by atoms with van der Waals surface area (Å²) in [7, 11) is 1.82. The Morgan fingerprint density at radius 1 is 1.40 bits per heavy atom. The van der Waals surface area contributed by atoms with Crippen LogP contribution in [-0.2, 0) is 11.1 Å². The van der Waals surface area contributed by atoms with Gasteiger partial charge in [-0.2, -0.15) is 0 Å². The Bertz CT molecular complexity index is 336. The quantitative estimate of drug-likeness (QED) is 0.696. The van der Waals surface area contributed by atoms with Crippen LogP contribution in [0.3, 0.4) is 0 Å². The molecule has 3 heteroatoms. The Kier molecular flexibility index (Phi) is 3.32. The minimum Gasteiger partial charge on any atom is -0.493 e. The Hall–Kier alpha value is -0.955. The monoisotopic (exact) mass is 203 g/mol. The lowest BCUT2D eigenvalue weighted by atomic mass is 9.85. The van der Waals surface area contributed by atoms with Gasteiger partial charge in [0, 0.05) is 6.10 Å². The van der Waals surface area contributed by atoms with Crippen LogP contribution in [0, 0.1) is 0 Å². The highest BCUT2D eigenvalue weighted by Gasteiger charge is 2.11. The maximum Gasteiger partial charge on any atom is 0.330 e. The van der Waals surface area contributed by atoms with E-state index in [4.69, 9.17) is 9.39 Å². The van der Waals surface area contributed by atoms with Crippen molar-refractivity contribution < 1.29 is 9.39 Å². The van der Waals surface area contributed by atoms with Gasteiger partial charge in [0.05, 0.1) is 6.61 Å². The van der Waals surface area contributed by atoms with E-state index in [-0.39, 0.29) is 6.10 Å². The lowest BCUT2D eigenvalue weighted by molar-refractivity contribution is 0.260. The van der Waals surface area contributed by atoms with E-state index in [0.717, 1.165) is 30.7 Å². The summed E-state index contributed by atoms with van der Waals surface area (Å²) >= 11 is 0. The minimum absolute atomic E-state index is 0.234. The number of hydrogen-bond donors (Lipinski definition) is 0. The fourth-order valence-corrected chi connectivity index (χ4v) is 1.67. The Labute approximate surface area is 91.9 Å². The molecule has 79 valence electrons. The van der Waals surface area contributed by atoms with Crippen LogP contribution in [-0.4, -0.2) is 20.2 Å². The maximum absolute atomic E-state index is 5.55. The molecule has 1 heterocycles. The van der Waals surface area contributed by atoms with E-state index < -0.39 is 0 Å². The molecular weight excluding hydrogens is 187 g/mol. The van der Waals surface area contributed by atoms with Gasteiger partial charge < -0.3 is 9.39 Å². The standard InChI is InChI=1S/C12H16BO2/c1-9(2)15-13-11-5-6-12-10(8-11)4-3-7-14-12/h5-6,8-9H,3-4,7H2,1-2H3. The van der Waals surface area contributed by atoms with Gasteiger partial charge in [0.15, 0.2) is 0 Å². The van der Waals surface area contributed by atoms with E-state index in [2.05, 4.69) is 6.07 Å². The molecule has 15 heavy (non-hydrogen) atoms. The van der Waals surface area contributed by atoms with Crippen molar-refractivity contribution in [3.05, 3.63) is 23.8 Å². The molecule has 0 fully saturated rings. The Morgan fingerprint density at radius 2 is 2.27 bits per heavy atom. The second-order valence-corrected chi connectivity index (χ2v) is 4.12. The summed E-state index contributed by atoms with van der Waals surface area (Å²) in [6, 6.07) is 6.22. The number of aryl methyl sites for hydroxylation is 1. The number of fused-ring (bicyclic) bond motifs is 1. The van der Waals surface area contributed by atoms with Crippen molar-refractivity contribution in [2.45, 2.75) is 32.8 Å². The molecule has 2 rings (SSSR count). The first-order valence-electron chi connectivity index (χ1n) is 5.50. The van der Waals surface area contributed by atoms with Crippen LogP contribution in [0.2, 0.25) is 0 Å². The lowest BCUT2D eigenvalue weighted by Gasteiger charge is -2.17. The van der Waals surface area contributed by atoms with Crippen molar-refractivity contribution in [3.63, 3.8) is 0 Å². The SMILES string of the molecule is CC(C)O[B]c1ccc2c(c1)CCCO2. The third-order valence-corrected chi connectivity index (χ3v) is 2.41. The van der Waals surface area contributed by atoms with Crippen LogP contribution in [0.5, 0.6) is 5.75 Å². The van der Waals surface area contributed by atoms with Gasteiger partial charge >= 0.3 is 7.48 Å². The van der Waals surface area contributed by atoms with Crippen LogP contribution in [0.1, 0.15) is 25.8 Å². The zero-order valence-corrected chi connectivity index (χ0v) is 9.32. The van der Waals surface area contributed by atoms with Crippen LogP contribution < -0.4 is 10.2 Å². The first-order valence-corrected chi connectivity index (χ1v) is 5.50. The molecule has 1 aromatic carbocycles. The van der Waals surface area contributed by atoms with Crippen molar-refractivity contribution in [3.8, 4) is 5.75 Å². The molecule has 1 aliphatic heterocycles. The van der Waals surface area contributed by atoms with Crippen molar-refractivity contribution in [1.29, 1.82) is 0 Å². The van der Waals surface area contributed by atoms with E-state index in [9.17, 15) is 0 Å². The molecule has 0 amide bonds. The predicted octanol–water partition coefficient (Wildman–Crippen LogP) is 1.68. The molecule has 2 nitrogen and oxygen atoms in total. The third-order valence-electron chi connectivity index (χ3n) is 2.41. The van der Waals surface area contributed by atoms with E-state index >= 15 is 0 Å². The maximum atomic E-state index is 5.55. The normalized spacial score (nSPS) is 14.6. The van der Waals surface area contributed by atoms with Gasteiger partial charge in [-0.1, -0.05) is 17.6 Å².